The highest BCUT2D eigenvalue weighted by Crippen LogP contribution is 2.24. The number of nitrogens with one attached hydrogen (secondary N) is 2. The minimum absolute atomic E-state index is 0.0235. The van der Waals surface area contributed by atoms with Crippen molar-refractivity contribution in [1.82, 2.24) is 5.32 Å². The molecule has 1 amide bonds. The number of hydrogen-bond donors (Lipinski definition) is 2. The molecular weight excluding hydrogens is 396 g/mol. The van der Waals surface area contributed by atoms with Crippen molar-refractivity contribution in [2.45, 2.75) is 13.0 Å². The molecular formula is C16H16Br2N2O. The molecule has 5 heteroatoms. The van der Waals surface area contributed by atoms with Gasteiger partial charge in [0.1, 0.15) is 0 Å². The molecule has 0 aliphatic heterocycles. The number of likely N-dealkylation sites (N-methyl/N-ethyl adjacent to an activating group) is 1. The molecule has 21 heavy (non-hydrogen) atoms. The number of carbonyl (C=O) groups is 1. The number of benzene rings is 2. The first-order valence-corrected chi connectivity index (χ1v) is 8.14. The van der Waals surface area contributed by atoms with Gasteiger partial charge < -0.3 is 10.6 Å². The largest absolute Gasteiger partial charge is 0.381 e. The van der Waals surface area contributed by atoms with Gasteiger partial charge in [0.15, 0.2) is 0 Å². The Morgan fingerprint density at radius 1 is 1.00 bits per heavy atom. The summed E-state index contributed by atoms with van der Waals surface area (Å²) in [5.41, 5.74) is 3.24. The van der Waals surface area contributed by atoms with Crippen LogP contribution in [-0.2, 0) is 17.8 Å². The van der Waals surface area contributed by atoms with E-state index in [0.29, 0.717) is 6.42 Å². The normalized spacial score (nSPS) is 10.2. The van der Waals surface area contributed by atoms with Gasteiger partial charge in [0.05, 0.1) is 6.42 Å². The Morgan fingerprint density at radius 2 is 1.67 bits per heavy atom. The molecule has 0 atom stereocenters. The predicted octanol–water partition coefficient (Wildman–Crippen LogP) is 4.11. The third kappa shape index (κ3) is 4.86. The van der Waals surface area contributed by atoms with Crippen LogP contribution in [0.4, 0.5) is 5.69 Å². The van der Waals surface area contributed by atoms with Gasteiger partial charge in [0.25, 0.3) is 0 Å². The molecule has 0 bridgehead atoms. The van der Waals surface area contributed by atoms with Crippen LogP contribution in [0.3, 0.4) is 0 Å². The van der Waals surface area contributed by atoms with Gasteiger partial charge in [-0.3, -0.25) is 4.79 Å². The highest BCUT2D eigenvalue weighted by molar-refractivity contribution is 9.13. The van der Waals surface area contributed by atoms with Crippen LogP contribution in [-0.4, -0.2) is 13.0 Å². The molecule has 2 aromatic carbocycles. The van der Waals surface area contributed by atoms with Gasteiger partial charge in [-0.05, 0) is 67.3 Å². The zero-order valence-electron chi connectivity index (χ0n) is 11.6. The topological polar surface area (TPSA) is 41.1 Å². The minimum atomic E-state index is 0.0235. The van der Waals surface area contributed by atoms with Crippen molar-refractivity contribution in [1.29, 1.82) is 0 Å². The second-order valence-corrected chi connectivity index (χ2v) is 6.36. The van der Waals surface area contributed by atoms with E-state index in [4.69, 9.17) is 0 Å². The standard InChI is InChI=1S/C16H16Br2N2O/c1-19-16(21)9-11-2-5-13(6-3-11)20-10-12-4-7-14(17)15(18)8-12/h2-8,20H,9-10H2,1H3,(H,19,21). The molecule has 2 aromatic rings. The van der Waals surface area contributed by atoms with E-state index in [1.165, 1.54) is 5.56 Å². The van der Waals surface area contributed by atoms with Crippen LogP contribution in [0.25, 0.3) is 0 Å². The van der Waals surface area contributed by atoms with Gasteiger partial charge in [-0.1, -0.05) is 18.2 Å². The van der Waals surface area contributed by atoms with Crippen molar-refractivity contribution in [2.24, 2.45) is 0 Å². The summed E-state index contributed by atoms with van der Waals surface area (Å²) in [6.07, 6.45) is 0.413. The summed E-state index contributed by atoms with van der Waals surface area (Å²) in [6, 6.07) is 14.1. The predicted molar refractivity (Wildman–Crippen MR) is 93.4 cm³/mol. The zero-order valence-corrected chi connectivity index (χ0v) is 14.8. The molecule has 0 aliphatic rings. The van der Waals surface area contributed by atoms with Gasteiger partial charge in [-0.25, -0.2) is 0 Å². The van der Waals surface area contributed by atoms with Crippen LogP contribution in [0.5, 0.6) is 0 Å². The molecule has 0 spiro atoms. The number of halogens is 2. The van der Waals surface area contributed by atoms with Crippen LogP contribution in [0.2, 0.25) is 0 Å². The molecule has 0 radical (unpaired) electrons. The lowest BCUT2D eigenvalue weighted by molar-refractivity contribution is -0.119. The molecule has 0 saturated carbocycles. The van der Waals surface area contributed by atoms with Gasteiger partial charge in [-0.15, -0.1) is 0 Å². The van der Waals surface area contributed by atoms with Crippen molar-refractivity contribution in [3.05, 3.63) is 62.5 Å². The van der Waals surface area contributed by atoms with Crippen molar-refractivity contribution in [2.75, 3.05) is 12.4 Å². The fourth-order valence-corrected chi connectivity index (χ4v) is 2.54. The lowest BCUT2D eigenvalue weighted by atomic mass is 10.1. The zero-order chi connectivity index (χ0) is 15.2. The summed E-state index contributed by atoms with van der Waals surface area (Å²) in [4.78, 5) is 11.3. The molecule has 0 aliphatic carbocycles. The second kappa shape index (κ2) is 7.61. The first kappa shape index (κ1) is 16.0. The average Bonchev–Trinajstić information content (AvgIpc) is 2.50. The third-order valence-electron chi connectivity index (χ3n) is 3.08. The van der Waals surface area contributed by atoms with Crippen molar-refractivity contribution < 1.29 is 4.79 Å². The van der Waals surface area contributed by atoms with E-state index in [2.05, 4.69) is 54.6 Å². The highest BCUT2D eigenvalue weighted by atomic mass is 79.9. The molecule has 0 fully saturated rings. The van der Waals surface area contributed by atoms with E-state index >= 15 is 0 Å². The molecule has 2 N–H and O–H groups in total. The van der Waals surface area contributed by atoms with Crippen LogP contribution >= 0.6 is 31.9 Å². The van der Waals surface area contributed by atoms with Crippen LogP contribution in [0.15, 0.2) is 51.4 Å². The number of amides is 1. The smallest absolute Gasteiger partial charge is 0.224 e. The van der Waals surface area contributed by atoms with Gasteiger partial charge in [0, 0.05) is 28.2 Å². The summed E-state index contributed by atoms with van der Waals surface area (Å²) in [5.74, 6) is 0.0235. The maximum absolute atomic E-state index is 11.3. The van der Waals surface area contributed by atoms with E-state index in [1.54, 1.807) is 7.05 Å². The fraction of sp³-hybridized carbons (Fsp3) is 0.188. The van der Waals surface area contributed by atoms with Crippen molar-refractivity contribution in [3.63, 3.8) is 0 Å². The first-order chi connectivity index (χ1) is 10.1. The monoisotopic (exact) mass is 410 g/mol. The Morgan fingerprint density at radius 3 is 2.29 bits per heavy atom. The van der Waals surface area contributed by atoms with Crippen molar-refractivity contribution >= 4 is 43.5 Å². The Hall–Kier alpha value is -1.33. The maximum Gasteiger partial charge on any atom is 0.224 e. The van der Waals surface area contributed by atoms with Gasteiger partial charge >= 0.3 is 0 Å². The molecule has 2 rings (SSSR count). The van der Waals surface area contributed by atoms with Crippen LogP contribution < -0.4 is 10.6 Å². The lowest BCUT2D eigenvalue weighted by Gasteiger charge is -2.08. The van der Waals surface area contributed by atoms with Gasteiger partial charge in [0.2, 0.25) is 5.91 Å². The van der Waals surface area contributed by atoms with Crippen LogP contribution in [0.1, 0.15) is 11.1 Å². The summed E-state index contributed by atoms with van der Waals surface area (Å²) >= 11 is 6.96. The maximum atomic E-state index is 11.3. The Kier molecular flexibility index (Phi) is 5.82. The quantitative estimate of drug-likeness (QED) is 0.777. The number of hydrogen-bond acceptors (Lipinski definition) is 2. The number of anilines is 1. The molecule has 3 nitrogen and oxygen atoms in total. The van der Waals surface area contributed by atoms with Crippen molar-refractivity contribution in [3.8, 4) is 0 Å². The molecule has 0 unspecified atom stereocenters. The summed E-state index contributed by atoms with van der Waals surface area (Å²) in [7, 11) is 1.65. The minimum Gasteiger partial charge on any atom is -0.381 e. The SMILES string of the molecule is CNC(=O)Cc1ccc(NCc2ccc(Br)c(Br)c2)cc1. The number of rotatable bonds is 5. The third-order valence-corrected chi connectivity index (χ3v) is 4.96. The van der Waals surface area contributed by atoms with Gasteiger partial charge in [-0.2, -0.15) is 0 Å². The second-order valence-electron chi connectivity index (χ2n) is 4.65. The first-order valence-electron chi connectivity index (χ1n) is 6.56. The summed E-state index contributed by atoms with van der Waals surface area (Å²) in [6.45, 7) is 0.751. The Balaban J connectivity index is 1.94. The molecule has 0 aromatic heterocycles. The average molecular weight is 412 g/mol. The van der Waals surface area contributed by atoms with Crippen LogP contribution in [0, 0.1) is 0 Å². The number of carbonyl (C=O) groups excluding carboxylic acids is 1. The summed E-state index contributed by atoms with van der Waals surface area (Å²) in [5, 5.41) is 5.99. The van der Waals surface area contributed by atoms with E-state index in [1.807, 2.05) is 30.3 Å². The Labute approximate surface area is 141 Å². The van der Waals surface area contributed by atoms with E-state index in [0.717, 1.165) is 26.7 Å². The van der Waals surface area contributed by atoms with E-state index in [-0.39, 0.29) is 5.91 Å². The molecule has 0 saturated heterocycles. The van der Waals surface area contributed by atoms with E-state index < -0.39 is 0 Å². The Bertz CT molecular complexity index is 627. The lowest BCUT2D eigenvalue weighted by Crippen LogP contribution is -2.19. The van der Waals surface area contributed by atoms with E-state index in [9.17, 15) is 4.79 Å². The molecule has 0 heterocycles. The highest BCUT2D eigenvalue weighted by Gasteiger charge is 2.02. The summed E-state index contributed by atoms with van der Waals surface area (Å²) < 4.78 is 2.09. The molecule has 110 valence electrons. The fourth-order valence-electron chi connectivity index (χ4n) is 1.87.